The summed E-state index contributed by atoms with van der Waals surface area (Å²) in [6.45, 7) is 1.82. The van der Waals surface area contributed by atoms with Gasteiger partial charge < -0.3 is 4.57 Å². The summed E-state index contributed by atoms with van der Waals surface area (Å²) in [5.41, 5.74) is 2.52. The molecular weight excluding hydrogens is 287 g/mol. The lowest BCUT2D eigenvalue weighted by Crippen LogP contribution is -2.08. The Kier molecular flexibility index (Phi) is 2.38. The van der Waals surface area contributed by atoms with Crippen LogP contribution < -0.4 is 0 Å². The van der Waals surface area contributed by atoms with Crippen molar-refractivity contribution in [3.05, 3.63) is 29.3 Å². The molecule has 2 aromatic rings. The van der Waals surface area contributed by atoms with Crippen molar-refractivity contribution < 1.29 is 4.39 Å². The van der Waals surface area contributed by atoms with E-state index in [-0.39, 0.29) is 5.82 Å². The fourth-order valence-corrected chi connectivity index (χ4v) is 5.51. The van der Waals surface area contributed by atoms with Crippen LogP contribution in [0, 0.1) is 36.4 Å². The average Bonchev–Trinajstić information content (AvgIpc) is 2.82. The maximum Gasteiger partial charge on any atom is 0.128 e. The summed E-state index contributed by atoms with van der Waals surface area (Å²) in [7, 11) is 0. The first-order chi connectivity index (χ1) is 10.2. The minimum atomic E-state index is -0.177. The second-order valence-corrected chi connectivity index (χ2v) is 7.37. The number of aryl methyl sites for hydroxylation is 1. The molecule has 0 N–H and O–H groups in total. The summed E-state index contributed by atoms with van der Waals surface area (Å²) in [6, 6.07) is 4.08. The quantitative estimate of drug-likeness (QED) is 0.750. The first-order valence-corrected chi connectivity index (χ1v) is 8.45. The normalized spacial score (nSPS) is 36.4. The first kappa shape index (κ1) is 12.5. The summed E-state index contributed by atoms with van der Waals surface area (Å²) in [5.74, 6) is 4.61. The lowest BCUT2D eigenvalue weighted by molar-refractivity contribution is 0.454. The minimum absolute atomic E-state index is 0.177. The number of alkyl halides is 1. The Morgan fingerprint density at radius 3 is 2.67 bits per heavy atom. The van der Waals surface area contributed by atoms with Crippen molar-refractivity contribution in [2.75, 3.05) is 0 Å². The fourth-order valence-electron chi connectivity index (χ4n) is 5.32. The van der Waals surface area contributed by atoms with Crippen LogP contribution in [0.25, 0.3) is 11.0 Å². The van der Waals surface area contributed by atoms with Gasteiger partial charge in [-0.05, 0) is 61.5 Å². The highest BCUT2D eigenvalue weighted by Gasteiger charge is 2.66. The van der Waals surface area contributed by atoms with Crippen molar-refractivity contribution in [1.29, 1.82) is 0 Å². The Morgan fingerprint density at radius 2 is 2.00 bits per heavy atom. The highest BCUT2D eigenvalue weighted by molar-refractivity contribution is 6.16. The number of aromatic nitrogens is 2. The average molecular weight is 305 g/mol. The first-order valence-electron chi connectivity index (χ1n) is 7.92. The third-order valence-electron chi connectivity index (χ3n) is 6.16. The van der Waals surface area contributed by atoms with E-state index in [4.69, 9.17) is 11.6 Å². The third kappa shape index (κ3) is 1.51. The second-order valence-electron chi connectivity index (χ2n) is 7.10. The molecule has 110 valence electrons. The molecule has 0 amide bonds. The zero-order valence-corrected chi connectivity index (χ0v) is 12.8. The van der Waals surface area contributed by atoms with Crippen LogP contribution in [0.5, 0.6) is 0 Å². The van der Waals surface area contributed by atoms with Crippen molar-refractivity contribution in [3.8, 4) is 0 Å². The van der Waals surface area contributed by atoms with E-state index < -0.39 is 0 Å². The summed E-state index contributed by atoms with van der Waals surface area (Å²) in [4.78, 5) is 4.58. The van der Waals surface area contributed by atoms with Gasteiger partial charge in [-0.25, -0.2) is 9.37 Å². The van der Waals surface area contributed by atoms with Crippen LogP contribution in [0.1, 0.15) is 36.7 Å². The van der Waals surface area contributed by atoms with E-state index in [1.54, 1.807) is 6.07 Å². The maximum atomic E-state index is 13.8. The van der Waals surface area contributed by atoms with Crippen LogP contribution in [0.3, 0.4) is 0 Å². The van der Waals surface area contributed by atoms with Crippen LogP contribution in [-0.4, -0.2) is 9.55 Å². The topological polar surface area (TPSA) is 17.8 Å². The van der Waals surface area contributed by atoms with Gasteiger partial charge in [0.15, 0.2) is 0 Å². The summed E-state index contributed by atoms with van der Waals surface area (Å²) in [5, 5.41) is 0. The number of fused-ring (bicyclic) bond motifs is 6. The summed E-state index contributed by atoms with van der Waals surface area (Å²) < 4.78 is 16.1. The molecule has 4 atom stereocenters. The van der Waals surface area contributed by atoms with Gasteiger partial charge in [0.2, 0.25) is 0 Å². The van der Waals surface area contributed by atoms with Crippen molar-refractivity contribution in [2.45, 2.75) is 38.1 Å². The summed E-state index contributed by atoms with van der Waals surface area (Å²) >= 11 is 6.12. The minimum Gasteiger partial charge on any atom is -0.323 e. The van der Waals surface area contributed by atoms with E-state index in [2.05, 4.69) is 9.55 Å². The summed E-state index contributed by atoms with van der Waals surface area (Å²) in [6.07, 6.45) is 4.24. The maximum absolute atomic E-state index is 13.8. The van der Waals surface area contributed by atoms with Crippen LogP contribution in [0.15, 0.2) is 12.1 Å². The van der Waals surface area contributed by atoms with E-state index in [0.29, 0.717) is 17.5 Å². The standard InChI is InChI=1S/C17H18ClFN2/c1-8-4-13-12(6-11(8)19)20-14(7-18)21(13)17-15-9-2-3-10(5-9)16(15)17/h4,6,9-10,15-17H,2-3,5,7H2,1H3. The fraction of sp³-hybridized carbons (Fsp3) is 0.588. The third-order valence-corrected chi connectivity index (χ3v) is 6.39. The van der Waals surface area contributed by atoms with Crippen molar-refractivity contribution in [2.24, 2.45) is 23.7 Å². The molecule has 21 heavy (non-hydrogen) atoms. The molecule has 3 aliphatic carbocycles. The van der Waals surface area contributed by atoms with E-state index in [0.717, 1.165) is 40.5 Å². The van der Waals surface area contributed by atoms with Crippen molar-refractivity contribution in [1.82, 2.24) is 9.55 Å². The molecule has 3 aliphatic rings. The van der Waals surface area contributed by atoms with Crippen LogP contribution in [0.2, 0.25) is 0 Å². The predicted molar refractivity (Wildman–Crippen MR) is 80.8 cm³/mol. The lowest BCUT2D eigenvalue weighted by Gasteiger charge is -2.13. The molecule has 1 aromatic carbocycles. The largest absolute Gasteiger partial charge is 0.323 e. The zero-order chi connectivity index (χ0) is 14.3. The van der Waals surface area contributed by atoms with Crippen molar-refractivity contribution >= 4 is 22.6 Å². The number of rotatable bonds is 2. The number of nitrogens with zero attached hydrogens (tertiary/aromatic N) is 2. The monoisotopic (exact) mass is 304 g/mol. The molecule has 0 aliphatic heterocycles. The van der Waals surface area contributed by atoms with E-state index in [9.17, 15) is 4.39 Å². The molecule has 0 saturated heterocycles. The Hall–Kier alpha value is -1.09. The number of benzene rings is 1. The van der Waals surface area contributed by atoms with Crippen LogP contribution >= 0.6 is 11.6 Å². The van der Waals surface area contributed by atoms with Gasteiger partial charge in [0.05, 0.1) is 16.9 Å². The van der Waals surface area contributed by atoms with E-state index >= 15 is 0 Å². The molecule has 1 aromatic heterocycles. The molecule has 3 fully saturated rings. The molecule has 0 spiro atoms. The van der Waals surface area contributed by atoms with Crippen LogP contribution in [0.4, 0.5) is 4.39 Å². The molecular formula is C17H18ClFN2. The van der Waals surface area contributed by atoms with Gasteiger partial charge >= 0.3 is 0 Å². The number of halogens is 2. The van der Waals surface area contributed by atoms with Gasteiger partial charge in [-0.15, -0.1) is 11.6 Å². The Balaban J connectivity index is 1.67. The molecule has 2 nitrogen and oxygen atoms in total. The smallest absolute Gasteiger partial charge is 0.128 e. The highest BCUT2D eigenvalue weighted by atomic mass is 35.5. The van der Waals surface area contributed by atoms with Gasteiger partial charge in [0.25, 0.3) is 0 Å². The van der Waals surface area contributed by atoms with E-state index in [1.807, 2.05) is 13.0 Å². The van der Waals surface area contributed by atoms with Gasteiger partial charge in [0.1, 0.15) is 11.6 Å². The number of hydrogen-bond acceptors (Lipinski definition) is 1. The van der Waals surface area contributed by atoms with Gasteiger partial charge in [0, 0.05) is 12.1 Å². The molecule has 1 heterocycles. The van der Waals surface area contributed by atoms with Gasteiger partial charge in [-0.1, -0.05) is 0 Å². The predicted octanol–water partition coefficient (Wildman–Crippen LogP) is 4.44. The molecule has 3 saturated carbocycles. The number of imidazole rings is 1. The lowest BCUT2D eigenvalue weighted by atomic mass is 10.0. The van der Waals surface area contributed by atoms with E-state index in [1.165, 1.54) is 19.3 Å². The molecule has 0 radical (unpaired) electrons. The Labute approximate surface area is 128 Å². The Bertz CT molecular complexity index is 737. The van der Waals surface area contributed by atoms with Crippen LogP contribution in [-0.2, 0) is 5.88 Å². The Morgan fingerprint density at radius 1 is 1.29 bits per heavy atom. The highest BCUT2D eigenvalue weighted by Crippen LogP contribution is 2.72. The van der Waals surface area contributed by atoms with Gasteiger partial charge in [-0.2, -0.15) is 0 Å². The van der Waals surface area contributed by atoms with Gasteiger partial charge in [-0.3, -0.25) is 0 Å². The van der Waals surface area contributed by atoms with Crippen molar-refractivity contribution in [3.63, 3.8) is 0 Å². The molecule has 4 heteroatoms. The zero-order valence-electron chi connectivity index (χ0n) is 12.0. The number of hydrogen-bond donors (Lipinski definition) is 0. The molecule has 2 bridgehead atoms. The second kappa shape index (κ2) is 4.01. The molecule has 5 rings (SSSR count). The SMILES string of the molecule is Cc1cc2c(cc1F)nc(CCl)n2C1C2C3CCC(C3)C21. The molecule has 4 unspecified atom stereocenters.